The van der Waals surface area contributed by atoms with Gasteiger partial charge < -0.3 is 15.0 Å². The Kier molecular flexibility index (Phi) is 6.57. The van der Waals surface area contributed by atoms with E-state index in [0.29, 0.717) is 12.1 Å². The molecule has 5 nitrogen and oxygen atoms in total. The number of carbonyl (C=O) groups excluding carboxylic acids is 2. The van der Waals surface area contributed by atoms with Crippen LogP contribution in [0.4, 0.5) is 5.69 Å². The largest absolute Gasteiger partial charge is 0.497 e. The molecular weight excluding hydrogens is 316 g/mol. The maximum Gasteiger partial charge on any atom is 0.243 e. The molecule has 0 aromatic heterocycles. The highest BCUT2D eigenvalue weighted by Crippen LogP contribution is 2.19. The van der Waals surface area contributed by atoms with Crippen LogP contribution >= 0.6 is 0 Å². The Bertz CT molecular complexity index is 699. The number of ether oxygens (including phenoxy) is 1. The summed E-state index contributed by atoms with van der Waals surface area (Å²) in [5, 5.41) is 2.78. The van der Waals surface area contributed by atoms with Gasteiger partial charge >= 0.3 is 0 Å². The Labute approximate surface area is 148 Å². The van der Waals surface area contributed by atoms with Gasteiger partial charge in [0.2, 0.25) is 11.8 Å². The Balaban J connectivity index is 1.84. The van der Waals surface area contributed by atoms with Crippen molar-refractivity contribution in [2.45, 2.75) is 19.3 Å². The first-order valence-electron chi connectivity index (χ1n) is 8.22. The number of amides is 2. The lowest BCUT2D eigenvalue weighted by atomic mass is 9.97. The van der Waals surface area contributed by atoms with E-state index in [1.165, 1.54) is 4.90 Å². The highest BCUT2D eigenvalue weighted by atomic mass is 16.5. The average molecular weight is 340 g/mol. The van der Waals surface area contributed by atoms with Crippen LogP contribution in [0.25, 0.3) is 0 Å². The summed E-state index contributed by atoms with van der Waals surface area (Å²) in [6.07, 6.45) is 0.371. The van der Waals surface area contributed by atoms with Gasteiger partial charge in [-0.2, -0.15) is 0 Å². The van der Waals surface area contributed by atoms with Gasteiger partial charge in [-0.3, -0.25) is 9.59 Å². The molecule has 2 rings (SSSR count). The van der Waals surface area contributed by atoms with Crippen molar-refractivity contribution in [2.75, 3.05) is 26.0 Å². The topological polar surface area (TPSA) is 58.6 Å². The van der Waals surface area contributed by atoms with Crippen LogP contribution < -0.4 is 10.1 Å². The van der Waals surface area contributed by atoms with Gasteiger partial charge in [-0.05, 0) is 35.7 Å². The predicted molar refractivity (Wildman–Crippen MR) is 98.7 cm³/mol. The van der Waals surface area contributed by atoms with E-state index in [4.69, 9.17) is 4.74 Å². The first kappa shape index (κ1) is 18.5. The maximum atomic E-state index is 12.3. The molecule has 2 aromatic carbocycles. The fraction of sp³-hybridized carbons (Fsp3) is 0.300. The van der Waals surface area contributed by atoms with Crippen LogP contribution in [0.15, 0.2) is 54.6 Å². The lowest BCUT2D eigenvalue weighted by Crippen LogP contribution is -2.35. The van der Waals surface area contributed by atoms with Crippen LogP contribution in [0.3, 0.4) is 0 Å². The normalized spacial score (nSPS) is 11.5. The van der Waals surface area contributed by atoms with Crippen molar-refractivity contribution in [2.24, 2.45) is 0 Å². The van der Waals surface area contributed by atoms with Gasteiger partial charge in [-0.15, -0.1) is 0 Å². The number of anilines is 1. The smallest absolute Gasteiger partial charge is 0.243 e. The molecule has 5 heteroatoms. The van der Waals surface area contributed by atoms with Gasteiger partial charge in [0, 0.05) is 19.2 Å². The fourth-order valence-electron chi connectivity index (χ4n) is 2.50. The second-order valence-corrected chi connectivity index (χ2v) is 6.04. The molecule has 0 aliphatic heterocycles. The second-order valence-electron chi connectivity index (χ2n) is 6.04. The minimum Gasteiger partial charge on any atom is -0.497 e. The number of carbonyl (C=O) groups is 2. The lowest BCUT2D eigenvalue weighted by Gasteiger charge is -2.19. The molecule has 0 bridgehead atoms. The molecule has 1 unspecified atom stereocenters. The second kappa shape index (κ2) is 8.87. The van der Waals surface area contributed by atoms with Crippen molar-refractivity contribution >= 4 is 17.5 Å². The highest BCUT2D eigenvalue weighted by molar-refractivity contribution is 5.94. The molecule has 25 heavy (non-hydrogen) atoms. The highest BCUT2D eigenvalue weighted by Gasteiger charge is 2.17. The molecule has 0 spiro atoms. The molecule has 0 fully saturated rings. The number of rotatable bonds is 7. The third kappa shape index (κ3) is 5.64. The van der Waals surface area contributed by atoms with Crippen LogP contribution in [-0.2, 0) is 9.59 Å². The van der Waals surface area contributed by atoms with Crippen LogP contribution in [-0.4, -0.2) is 37.4 Å². The van der Waals surface area contributed by atoms with E-state index in [2.05, 4.69) is 5.32 Å². The number of hydrogen-bond acceptors (Lipinski definition) is 3. The summed E-state index contributed by atoms with van der Waals surface area (Å²) in [5.41, 5.74) is 1.79. The summed E-state index contributed by atoms with van der Waals surface area (Å²) in [6.45, 7) is 2.03. The van der Waals surface area contributed by atoms with E-state index in [-0.39, 0.29) is 24.3 Å². The summed E-state index contributed by atoms with van der Waals surface area (Å²) in [5.74, 6) is 0.551. The molecule has 1 N–H and O–H groups in total. The van der Waals surface area contributed by atoms with Crippen LogP contribution in [0, 0.1) is 0 Å². The van der Waals surface area contributed by atoms with E-state index in [1.807, 2.05) is 37.3 Å². The summed E-state index contributed by atoms with van der Waals surface area (Å²) < 4.78 is 5.08. The lowest BCUT2D eigenvalue weighted by molar-refractivity contribution is -0.133. The van der Waals surface area contributed by atoms with Crippen LogP contribution in [0.1, 0.15) is 24.8 Å². The summed E-state index contributed by atoms with van der Waals surface area (Å²) >= 11 is 0. The number of methoxy groups -OCH3 is 1. The van der Waals surface area contributed by atoms with E-state index in [0.717, 1.165) is 11.3 Å². The first-order valence-corrected chi connectivity index (χ1v) is 8.22. The zero-order valence-corrected chi connectivity index (χ0v) is 14.9. The molecule has 2 amide bonds. The number of nitrogens with one attached hydrogen (secondary N) is 1. The SMILES string of the molecule is COc1ccc(NC(=O)CN(C)C(=O)CC(C)c2ccccc2)cc1. The third-order valence-electron chi connectivity index (χ3n) is 4.03. The zero-order chi connectivity index (χ0) is 18.2. The maximum absolute atomic E-state index is 12.3. The standard InChI is InChI=1S/C20H24N2O3/c1-15(16-7-5-4-6-8-16)13-20(24)22(2)14-19(23)21-17-9-11-18(25-3)12-10-17/h4-12,15H,13-14H2,1-3H3,(H,21,23). The van der Waals surface area contributed by atoms with Crippen molar-refractivity contribution in [3.05, 3.63) is 60.2 Å². The fourth-order valence-corrected chi connectivity index (χ4v) is 2.50. The average Bonchev–Trinajstić information content (AvgIpc) is 2.62. The monoisotopic (exact) mass is 340 g/mol. The van der Waals surface area contributed by atoms with Gasteiger partial charge in [-0.1, -0.05) is 37.3 Å². The van der Waals surface area contributed by atoms with Gasteiger partial charge in [0.1, 0.15) is 5.75 Å². The van der Waals surface area contributed by atoms with Gasteiger partial charge in [0.15, 0.2) is 0 Å². The van der Waals surface area contributed by atoms with E-state index in [1.54, 1.807) is 38.4 Å². The number of nitrogens with zero attached hydrogens (tertiary/aromatic N) is 1. The minimum atomic E-state index is -0.228. The molecular formula is C20H24N2O3. The molecule has 0 aliphatic carbocycles. The van der Waals surface area contributed by atoms with Crippen molar-refractivity contribution < 1.29 is 14.3 Å². The zero-order valence-electron chi connectivity index (χ0n) is 14.9. The van der Waals surface area contributed by atoms with Crippen LogP contribution in [0.5, 0.6) is 5.75 Å². The Morgan fingerprint density at radius 3 is 2.32 bits per heavy atom. The van der Waals surface area contributed by atoms with Gasteiger partial charge in [0.25, 0.3) is 0 Å². The van der Waals surface area contributed by atoms with E-state index < -0.39 is 0 Å². The Morgan fingerprint density at radius 2 is 1.72 bits per heavy atom. The van der Waals surface area contributed by atoms with Crippen molar-refractivity contribution in [3.63, 3.8) is 0 Å². The number of likely N-dealkylation sites (N-methyl/N-ethyl adjacent to an activating group) is 1. The minimum absolute atomic E-state index is 0.0202. The summed E-state index contributed by atoms with van der Waals surface area (Å²) in [4.78, 5) is 25.9. The van der Waals surface area contributed by atoms with Crippen molar-refractivity contribution in [1.82, 2.24) is 4.90 Å². The van der Waals surface area contributed by atoms with Crippen LogP contribution in [0.2, 0.25) is 0 Å². The molecule has 0 aliphatic rings. The Morgan fingerprint density at radius 1 is 1.08 bits per heavy atom. The molecule has 132 valence electrons. The third-order valence-corrected chi connectivity index (χ3v) is 4.03. The van der Waals surface area contributed by atoms with E-state index >= 15 is 0 Å². The van der Waals surface area contributed by atoms with E-state index in [9.17, 15) is 9.59 Å². The molecule has 1 atom stereocenters. The number of benzene rings is 2. The Hall–Kier alpha value is -2.82. The summed E-state index contributed by atoms with van der Waals surface area (Å²) in [6, 6.07) is 16.9. The molecule has 0 heterocycles. The van der Waals surface area contributed by atoms with Gasteiger partial charge in [0.05, 0.1) is 13.7 Å². The van der Waals surface area contributed by atoms with Crippen molar-refractivity contribution in [1.29, 1.82) is 0 Å². The first-order chi connectivity index (χ1) is 12.0. The molecule has 0 saturated carbocycles. The van der Waals surface area contributed by atoms with Gasteiger partial charge in [-0.25, -0.2) is 0 Å². The quantitative estimate of drug-likeness (QED) is 0.841. The van der Waals surface area contributed by atoms with Crippen molar-refractivity contribution in [3.8, 4) is 5.75 Å². The summed E-state index contributed by atoms with van der Waals surface area (Å²) in [7, 11) is 3.23. The number of hydrogen-bond donors (Lipinski definition) is 1. The molecule has 0 radical (unpaired) electrons. The predicted octanol–water partition coefficient (Wildman–Crippen LogP) is 3.29. The molecule has 0 saturated heterocycles. The molecule has 2 aromatic rings.